The molecule has 0 aliphatic rings. The number of aliphatic imine (C=N–C) groups is 1. The van der Waals surface area contributed by atoms with E-state index in [-0.39, 0.29) is 11.7 Å². The molecule has 6 heteroatoms. The SMILES string of the molecule is CN=C(NCCC(=O)NCc1ccccc1)NCc1ccccc1F. The van der Waals surface area contributed by atoms with Gasteiger partial charge in [-0.3, -0.25) is 9.79 Å². The molecule has 0 aromatic heterocycles. The van der Waals surface area contributed by atoms with Crippen LogP contribution < -0.4 is 16.0 Å². The number of carbonyl (C=O) groups excluding carboxylic acids is 1. The van der Waals surface area contributed by atoms with Crippen LogP contribution in [-0.4, -0.2) is 25.5 Å². The van der Waals surface area contributed by atoms with Gasteiger partial charge in [-0.25, -0.2) is 4.39 Å². The fourth-order valence-electron chi connectivity index (χ4n) is 2.22. The van der Waals surface area contributed by atoms with E-state index in [0.29, 0.717) is 37.6 Å². The molecule has 25 heavy (non-hydrogen) atoms. The third-order valence-corrected chi connectivity index (χ3v) is 3.60. The Hall–Kier alpha value is -2.89. The minimum Gasteiger partial charge on any atom is -0.356 e. The van der Waals surface area contributed by atoms with Crippen molar-refractivity contribution in [2.45, 2.75) is 19.5 Å². The number of halogens is 1. The van der Waals surface area contributed by atoms with Gasteiger partial charge in [0.25, 0.3) is 0 Å². The van der Waals surface area contributed by atoms with Crippen molar-refractivity contribution < 1.29 is 9.18 Å². The number of rotatable bonds is 7. The molecule has 0 aliphatic heterocycles. The maximum atomic E-state index is 13.6. The molecule has 1 amide bonds. The quantitative estimate of drug-likeness (QED) is 0.534. The van der Waals surface area contributed by atoms with Gasteiger partial charge in [-0.15, -0.1) is 0 Å². The molecule has 0 fully saturated rings. The number of nitrogens with zero attached hydrogens (tertiary/aromatic N) is 1. The Morgan fingerprint density at radius 1 is 0.960 bits per heavy atom. The average Bonchev–Trinajstić information content (AvgIpc) is 2.65. The van der Waals surface area contributed by atoms with Crippen molar-refractivity contribution in [3.8, 4) is 0 Å². The molecule has 2 aromatic rings. The third-order valence-electron chi connectivity index (χ3n) is 3.60. The highest BCUT2D eigenvalue weighted by Crippen LogP contribution is 2.05. The maximum Gasteiger partial charge on any atom is 0.222 e. The Morgan fingerprint density at radius 3 is 2.40 bits per heavy atom. The Morgan fingerprint density at radius 2 is 1.68 bits per heavy atom. The lowest BCUT2D eigenvalue weighted by molar-refractivity contribution is -0.121. The smallest absolute Gasteiger partial charge is 0.222 e. The van der Waals surface area contributed by atoms with E-state index in [0.717, 1.165) is 5.56 Å². The fourth-order valence-corrected chi connectivity index (χ4v) is 2.22. The number of amides is 1. The standard InChI is InChI=1S/C19H23FN4O/c1-21-19(24-14-16-9-5-6-10-17(16)20)22-12-11-18(25)23-13-15-7-3-2-4-8-15/h2-10H,11-14H2,1H3,(H,23,25)(H2,21,22,24). The lowest BCUT2D eigenvalue weighted by Gasteiger charge is -2.12. The molecule has 132 valence electrons. The van der Waals surface area contributed by atoms with Crippen molar-refractivity contribution in [2.75, 3.05) is 13.6 Å². The van der Waals surface area contributed by atoms with Gasteiger partial charge < -0.3 is 16.0 Å². The summed E-state index contributed by atoms with van der Waals surface area (Å²) in [5, 5.41) is 8.94. The van der Waals surface area contributed by atoms with Crippen LogP contribution in [0.15, 0.2) is 59.6 Å². The summed E-state index contributed by atoms with van der Waals surface area (Å²) in [5.41, 5.74) is 1.62. The van der Waals surface area contributed by atoms with Gasteiger partial charge in [0.15, 0.2) is 5.96 Å². The normalized spacial score (nSPS) is 11.0. The van der Waals surface area contributed by atoms with Crippen LogP contribution in [0.5, 0.6) is 0 Å². The van der Waals surface area contributed by atoms with Crippen molar-refractivity contribution in [3.63, 3.8) is 0 Å². The van der Waals surface area contributed by atoms with Gasteiger partial charge in [-0.05, 0) is 11.6 Å². The first kappa shape index (κ1) is 18.4. The van der Waals surface area contributed by atoms with Crippen molar-refractivity contribution in [1.82, 2.24) is 16.0 Å². The zero-order valence-electron chi connectivity index (χ0n) is 14.3. The number of hydrogen-bond acceptors (Lipinski definition) is 2. The van der Waals surface area contributed by atoms with Crippen molar-refractivity contribution in [2.24, 2.45) is 4.99 Å². The summed E-state index contributed by atoms with van der Waals surface area (Å²) in [6, 6.07) is 16.3. The first-order valence-electron chi connectivity index (χ1n) is 8.17. The van der Waals surface area contributed by atoms with Gasteiger partial charge in [-0.1, -0.05) is 48.5 Å². The molecular weight excluding hydrogens is 319 g/mol. The van der Waals surface area contributed by atoms with E-state index in [2.05, 4.69) is 20.9 Å². The van der Waals surface area contributed by atoms with E-state index in [4.69, 9.17) is 0 Å². The highest BCUT2D eigenvalue weighted by Gasteiger charge is 2.04. The molecule has 0 saturated heterocycles. The number of benzene rings is 2. The molecule has 5 nitrogen and oxygen atoms in total. The summed E-state index contributed by atoms with van der Waals surface area (Å²) in [4.78, 5) is 15.9. The Bertz CT molecular complexity index is 704. The zero-order chi connectivity index (χ0) is 17.9. The Kier molecular flexibility index (Phi) is 7.43. The second-order valence-corrected chi connectivity index (χ2v) is 5.46. The molecule has 2 rings (SSSR count). The summed E-state index contributed by atoms with van der Waals surface area (Å²) in [6.45, 7) is 1.28. The first-order chi connectivity index (χ1) is 12.2. The van der Waals surface area contributed by atoms with E-state index in [1.54, 1.807) is 25.2 Å². The van der Waals surface area contributed by atoms with Crippen LogP contribution in [0.3, 0.4) is 0 Å². The average molecular weight is 342 g/mol. The molecule has 0 bridgehead atoms. The largest absolute Gasteiger partial charge is 0.356 e. The van der Waals surface area contributed by atoms with E-state index in [1.807, 2.05) is 30.3 Å². The molecule has 0 atom stereocenters. The highest BCUT2D eigenvalue weighted by molar-refractivity contribution is 5.81. The predicted octanol–water partition coefficient (Wildman–Crippen LogP) is 2.20. The maximum absolute atomic E-state index is 13.6. The van der Waals surface area contributed by atoms with Gasteiger partial charge in [0.2, 0.25) is 5.91 Å². The van der Waals surface area contributed by atoms with Gasteiger partial charge in [-0.2, -0.15) is 0 Å². The number of nitrogens with one attached hydrogen (secondary N) is 3. The summed E-state index contributed by atoms with van der Waals surface area (Å²) in [5.74, 6) is 0.228. The van der Waals surface area contributed by atoms with Gasteiger partial charge in [0, 0.05) is 38.7 Å². The second-order valence-electron chi connectivity index (χ2n) is 5.46. The number of carbonyl (C=O) groups is 1. The number of hydrogen-bond donors (Lipinski definition) is 3. The molecule has 0 heterocycles. The molecule has 0 unspecified atom stereocenters. The Balaban J connectivity index is 1.67. The van der Waals surface area contributed by atoms with Gasteiger partial charge >= 0.3 is 0 Å². The fraction of sp³-hybridized carbons (Fsp3) is 0.263. The van der Waals surface area contributed by atoms with E-state index in [9.17, 15) is 9.18 Å². The molecular formula is C19H23FN4O. The molecule has 2 aromatic carbocycles. The van der Waals surface area contributed by atoms with Gasteiger partial charge in [0.05, 0.1) is 0 Å². The van der Waals surface area contributed by atoms with Crippen LogP contribution in [-0.2, 0) is 17.9 Å². The molecule has 0 radical (unpaired) electrons. The first-order valence-corrected chi connectivity index (χ1v) is 8.17. The lowest BCUT2D eigenvalue weighted by Crippen LogP contribution is -2.39. The van der Waals surface area contributed by atoms with Crippen molar-refractivity contribution >= 4 is 11.9 Å². The third kappa shape index (κ3) is 6.63. The summed E-state index contributed by atoms with van der Waals surface area (Å²) in [7, 11) is 1.63. The summed E-state index contributed by atoms with van der Waals surface area (Å²) >= 11 is 0. The highest BCUT2D eigenvalue weighted by atomic mass is 19.1. The topological polar surface area (TPSA) is 65.5 Å². The van der Waals surface area contributed by atoms with Crippen LogP contribution in [0.25, 0.3) is 0 Å². The zero-order valence-corrected chi connectivity index (χ0v) is 14.3. The van der Waals surface area contributed by atoms with Crippen LogP contribution in [0.4, 0.5) is 4.39 Å². The van der Waals surface area contributed by atoms with Crippen molar-refractivity contribution in [1.29, 1.82) is 0 Å². The monoisotopic (exact) mass is 342 g/mol. The lowest BCUT2D eigenvalue weighted by atomic mass is 10.2. The van der Waals surface area contributed by atoms with Gasteiger partial charge in [0.1, 0.15) is 5.82 Å². The van der Waals surface area contributed by atoms with E-state index >= 15 is 0 Å². The van der Waals surface area contributed by atoms with Crippen LogP contribution in [0.1, 0.15) is 17.5 Å². The van der Waals surface area contributed by atoms with E-state index < -0.39 is 0 Å². The predicted molar refractivity (Wildman–Crippen MR) is 97.5 cm³/mol. The minimum atomic E-state index is -0.259. The summed E-state index contributed by atoms with van der Waals surface area (Å²) < 4.78 is 13.6. The molecule has 0 spiro atoms. The van der Waals surface area contributed by atoms with Crippen molar-refractivity contribution in [3.05, 3.63) is 71.5 Å². The summed E-state index contributed by atoms with van der Waals surface area (Å²) in [6.07, 6.45) is 0.327. The molecule has 0 aliphatic carbocycles. The Labute approximate surface area is 147 Å². The number of guanidine groups is 1. The molecule has 3 N–H and O–H groups in total. The van der Waals surface area contributed by atoms with Crippen LogP contribution in [0.2, 0.25) is 0 Å². The van der Waals surface area contributed by atoms with Crippen LogP contribution >= 0.6 is 0 Å². The second kappa shape index (κ2) is 10.1. The van der Waals surface area contributed by atoms with Crippen LogP contribution in [0, 0.1) is 5.82 Å². The van der Waals surface area contributed by atoms with E-state index in [1.165, 1.54) is 6.07 Å². The molecule has 0 saturated carbocycles. The minimum absolute atomic E-state index is 0.0408.